The van der Waals surface area contributed by atoms with Gasteiger partial charge in [-0.1, -0.05) is 6.07 Å². The van der Waals surface area contributed by atoms with E-state index in [1.807, 2.05) is 17.8 Å². The number of carbonyl (C=O) groups excluding carboxylic acids is 1. The second-order valence-corrected chi connectivity index (χ2v) is 6.18. The third kappa shape index (κ3) is 3.69. The van der Waals surface area contributed by atoms with Crippen molar-refractivity contribution in [2.75, 3.05) is 5.32 Å². The lowest BCUT2D eigenvalue weighted by Crippen LogP contribution is -2.10. The molecule has 0 unspecified atom stereocenters. The zero-order valence-electron chi connectivity index (χ0n) is 14.3. The summed E-state index contributed by atoms with van der Waals surface area (Å²) in [5.41, 5.74) is 2.58. The van der Waals surface area contributed by atoms with E-state index in [1.165, 1.54) is 12.8 Å². The molecule has 0 saturated heterocycles. The molecule has 0 aliphatic heterocycles. The Morgan fingerprint density at radius 3 is 2.96 bits per heavy atom. The predicted octanol–water partition coefficient (Wildman–Crippen LogP) is 2.81. The van der Waals surface area contributed by atoms with E-state index in [4.69, 9.17) is 4.74 Å². The Kier molecular flexibility index (Phi) is 4.30. The Balaban J connectivity index is 1.42. The predicted molar refractivity (Wildman–Crippen MR) is 93.9 cm³/mol. The molecular formula is C18H18N6O2. The van der Waals surface area contributed by atoms with Crippen molar-refractivity contribution in [3.05, 3.63) is 59.9 Å². The van der Waals surface area contributed by atoms with Crippen LogP contribution in [0.5, 0.6) is 0 Å². The van der Waals surface area contributed by atoms with Crippen LogP contribution in [0, 0.1) is 6.92 Å². The number of esters is 1. The molecule has 8 heteroatoms. The van der Waals surface area contributed by atoms with E-state index in [-0.39, 0.29) is 12.3 Å². The highest BCUT2D eigenvalue weighted by molar-refractivity contribution is 5.87. The van der Waals surface area contributed by atoms with E-state index in [0.717, 1.165) is 11.3 Å². The van der Waals surface area contributed by atoms with Crippen LogP contribution in [-0.2, 0) is 11.3 Å². The van der Waals surface area contributed by atoms with E-state index < -0.39 is 5.97 Å². The zero-order valence-corrected chi connectivity index (χ0v) is 14.3. The van der Waals surface area contributed by atoms with E-state index in [2.05, 4.69) is 25.4 Å². The van der Waals surface area contributed by atoms with Gasteiger partial charge in [0.1, 0.15) is 12.3 Å². The molecule has 0 amide bonds. The number of pyridine rings is 1. The standard InChI is InChI=1S/C18H18N6O2/c1-12-8-20-18(22-13-9-21-24(10-13)14-5-6-14)23-16(12)11-26-17(25)15-4-2-3-7-19-15/h2-4,7-10,14H,5-6,11H2,1H3,(H,20,22,23). The Morgan fingerprint density at radius 1 is 1.31 bits per heavy atom. The number of hydrogen-bond acceptors (Lipinski definition) is 7. The fraction of sp³-hybridized carbons (Fsp3) is 0.278. The van der Waals surface area contributed by atoms with Crippen molar-refractivity contribution in [1.29, 1.82) is 0 Å². The zero-order chi connectivity index (χ0) is 17.9. The average molecular weight is 350 g/mol. The van der Waals surface area contributed by atoms with E-state index in [0.29, 0.717) is 17.7 Å². The molecular weight excluding hydrogens is 332 g/mol. The highest BCUT2D eigenvalue weighted by Crippen LogP contribution is 2.34. The summed E-state index contributed by atoms with van der Waals surface area (Å²) >= 11 is 0. The minimum atomic E-state index is -0.483. The summed E-state index contributed by atoms with van der Waals surface area (Å²) in [5, 5.41) is 7.47. The maximum absolute atomic E-state index is 12.0. The Labute approximate surface area is 150 Å². The van der Waals surface area contributed by atoms with Gasteiger partial charge in [-0.2, -0.15) is 5.10 Å². The number of hydrogen-bond donors (Lipinski definition) is 1. The van der Waals surface area contributed by atoms with Crippen molar-refractivity contribution >= 4 is 17.6 Å². The number of aryl methyl sites for hydroxylation is 1. The van der Waals surface area contributed by atoms with Gasteiger partial charge in [0.15, 0.2) is 0 Å². The smallest absolute Gasteiger partial charge is 0.357 e. The van der Waals surface area contributed by atoms with Crippen molar-refractivity contribution < 1.29 is 9.53 Å². The molecule has 0 bridgehead atoms. The lowest BCUT2D eigenvalue weighted by molar-refractivity contribution is 0.0460. The molecule has 3 aromatic rings. The van der Waals surface area contributed by atoms with Gasteiger partial charge in [0.2, 0.25) is 5.95 Å². The number of rotatable bonds is 6. The highest BCUT2D eigenvalue weighted by Gasteiger charge is 2.24. The molecule has 26 heavy (non-hydrogen) atoms. The number of anilines is 2. The second-order valence-electron chi connectivity index (χ2n) is 6.18. The molecule has 1 saturated carbocycles. The van der Waals surface area contributed by atoms with Crippen molar-refractivity contribution in [2.45, 2.75) is 32.4 Å². The summed E-state index contributed by atoms with van der Waals surface area (Å²) in [5.74, 6) is -0.0429. The molecule has 0 radical (unpaired) electrons. The van der Waals surface area contributed by atoms with Crippen LogP contribution in [0.25, 0.3) is 0 Å². The first-order valence-electron chi connectivity index (χ1n) is 8.41. The minimum Gasteiger partial charge on any atom is -0.454 e. The number of aromatic nitrogens is 5. The first-order chi connectivity index (χ1) is 12.7. The van der Waals surface area contributed by atoms with E-state index in [9.17, 15) is 4.79 Å². The van der Waals surface area contributed by atoms with Crippen molar-refractivity contribution in [3.8, 4) is 0 Å². The van der Waals surface area contributed by atoms with Crippen LogP contribution < -0.4 is 5.32 Å². The van der Waals surface area contributed by atoms with Gasteiger partial charge in [-0.3, -0.25) is 4.68 Å². The molecule has 8 nitrogen and oxygen atoms in total. The number of carbonyl (C=O) groups is 1. The van der Waals surface area contributed by atoms with Crippen LogP contribution in [0.1, 0.15) is 40.6 Å². The molecule has 4 rings (SSSR count). The first-order valence-corrected chi connectivity index (χ1v) is 8.41. The van der Waals surface area contributed by atoms with Crippen LogP contribution in [-0.4, -0.2) is 30.7 Å². The molecule has 1 N–H and O–H groups in total. The molecule has 0 aromatic carbocycles. The number of nitrogens with zero attached hydrogens (tertiary/aromatic N) is 5. The molecule has 3 aromatic heterocycles. The van der Waals surface area contributed by atoms with Gasteiger partial charge in [-0.15, -0.1) is 0 Å². The average Bonchev–Trinajstić information content (AvgIpc) is 3.42. The van der Waals surface area contributed by atoms with Crippen molar-refractivity contribution in [2.24, 2.45) is 0 Å². The van der Waals surface area contributed by atoms with Gasteiger partial charge in [0.25, 0.3) is 0 Å². The number of ether oxygens (including phenoxy) is 1. The van der Waals surface area contributed by atoms with Crippen LogP contribution in [0.2, 0.25) is 0 Å². The summed E-state index contributed by atoms with van der Waals surface area (Å²) in [6.45, 7) is 1.93. The van der Waals surface area contributed by atoms with Gasteiger partial charge >= 0.3 is 5.97 Å². The molecule has 0 spiro atoms. The Morgan fingerprint density at radius 2 is 2.19 bits per heavy atom. The normalized spacial score (nSPS) is 13.4. The largest absolute Gasteiger partial charge is 0.454 e. The number of nitrogens with one attached hydrogen (secondary N) is 1. The van der Waals surface area contributed by atoms with Gasteiger partial charge in [0, 0.05) is 18.6 Å². The Hall–Kier alpha value is -3.29. The van der Waals surface area contributed by atoms with Crippen LogP contribution in [0.15, 0.2) is 43.0 Å². The fourth-order valence-electron chi connectivity index (χ4n) is 2.45. The SMILES string of the molecule is Cc1cnc(Nc2cnn(C3CC3)c2)nc1COC(=O)c1ccccn1. The summed E-state index contributed by atoms with van der Waals surface area (Å²) < 4.78 is 7.26. The third-order valence-electron chi connectivity index (χ3n) is 4.07. The maximum atomic E-state index is 12.0. The quantitative estimate of drug-likeness (QED) is 0.683. The molecule has 132 valence electrons. The van der Waals surface area contributed by atoms with Crippen molar-refractivity contribution in [3.63, 3.8) is 0 Å². The Bertz CT molecular complexity index is 920. The summed E-state index contributed by atoms with van der Waals surface area (Å²) in [6, 6.07) is 5.61. The third-order valence-corrected chi connectivity index (χ3v) is 4.07. The maximum Gasteiger partial charge on any atom is 0.357 e. The van der Waals surface area contributed by atoms with Crippen LogP contribution in [0.4, 0.5) is 11.6 Å². The molecule has 0 atom stereocenters. The lowest BCUT2D eigenvalue weighted by atomic mass is 10.2. The van der Waals surface area contributed by atoms with Crippen LogP contribution in [0.3, 0.4) is 0 Å². The summed E-state index contributed by atoms with van der Waals surface area (Å²) in [7, 11) is 0. The highest BCUT2D eigenvalue weighted by atomic mass is 16.5. The van der Waals surface area contributed by atoms with E-state index >= 15 is 0 Å². The first kappa shape index (κ1) is 16.2. The molecule has 1 aliphatic carbocycles. The van der Waals surface area contributed by atoms with Crippen molar-refractivity contribution in [1.82, 2.24) is 24.7 Å². The van der Waals surface area contributed by atoms with E-state index in [1.54, 1.807) is 36.8 Å². The molecule has 1 fully saturated rings. The fourth-order valence-corrected chi connectivity index (χ4v) is 2.45. The summed E-state index contributed by atoms with van der Waals surface area (Å²) in [4.78, 5) is 24.7. The monoisotopic (exact) mass is 350 g/mol. The van der Waals surface area contributed by atoms with Gasteiger partial charge < -0.3 is 10.1 Å². The minimum absolute atomic E-state index is 0.0553. The van der Waals surface area contributed by atoms with Gasteiger partial charge in [0.05, 0.1) is 23.6 Å². The molecule has 3 heterocycles. The summed E-state index contributed by atoms with van der Waals surface area (Å²) in [6.07, 6.45) is 9.30. The van der Waals surface area contributed by atoms with Crippen LogP contribution >= 0.6 is 0 Å². The van der Waals surface area contributed by atoms with Gasteiger partial charge in [-0.25, -0.2) is 19.7 Å². The second kappa shape index (κ2) is 6.91. The molecule has 1 aliphatic rings. The topological polar surface area (TPSA) is 94.8 Å². The lowest BCUT2D eigenvalue weighted by Gasteiger charge is -2.08. The van der Waals surface area contributed by atoms with Gasteiger partial charge in [-0.05, 0) is 37.5 Å².